The van der Waals surface area contributed by atoms with Crippen molar-refractivity contribution in [3.63, 3.8) is 0 Å². The number of aliphatic hydroxyl groups excluding tert-OH is 1. The van der Waals surface area contributed by atoms with Crippen LogP contribution in [0.15, 0.2) is 30.3 Å². The molecule has 0 aliphatic rings. The highest BCUT2D eigenvalue weighted by Crippen LogP contribution is 2.29. The molecule has 0 bridgehead atoms. The first-order chi connectivity index (χ1) is 8.20. The van der Waals surface area contributed by atoms with E-state index in [2.05, 4.69) is 6.92 Å². The number of unbranched alkanes of at least 4 members (excludes halogenated alkanes) is 1. The fourth-order valence-electron chi connectivity index (χ4n) is 2.04. The highest BCUT2D eigenvalue weighted by atomic mass is 16.5. The van der Waals surface area contributed by atoms with Gasteiger partial charge in [0.05, 0.1) is 17.8 Å². The zero-order chi connectivity index (χ0) is 12.7. The van der Waals surface area contributed by atoms with Crippen LogP contribution in [0, 0.1) is 0 Å². The van der Waals surface area contributed by atoms with E-state index in [9.17, 15) is 10.3 Å². The minimum atomic E-state index is -0.558. The van der Waals surface area contributed by atoms with Gasteiger partial charge in [0, 0.05) is 0 Å². The van der Waals surface area contributed by atoms with Crippen LogP contribution in [0.1, 0.15) is 39.5 Å². The topological polar surface area (TPSA) is 43.7 Å². The summed E-state index contributed by atoms with van der Waals surface area (Å²) in [6, 6.07) is 9.39. The fourth-order valence-corrected chi connectivity index (χ4v) is 2.04. The summed E-state index contributed by atoms with van der Waals surface area (Å²) in [6.45, 7) is 4.08. The third kappa shape index (κ3) is 3.20. The maximum atomic E-state index is 10.3. The molecule has 0 radical (unpaired) electrons. The molecular weight excluding hydrogens is 214 g/mol. The summed E-state index contributed by atoms with van der Waals surface area (Å²) in [5.74, 6) is 0. The van der Waals surface area contributed by atoms with Gasteiger partial charge in [0.15, 0.2) is 0 Å². The van der Waals surface area contributed by atoms with E-state index in [1.807, 2.05) is 37.3 Å². The molecule has 1 aromatic rings. The first-order valence-electron chi connectivity index (χ1n) is 6.35. The number of anilines is 1. The monoisotopic (exact) mass is 237 g/mol. The van der Waals surface area contributed by atoms with Gasteiger partial charge in [-0.1, -0.05) is 44.9 Å². The molecule has 0 aliphatic heterocycles. The molecule has 0 aromatic heterocycles. The highest BCUT2D eigenvalue weighted by Gasteiger charge is 2.33. The van der Waals surface area contributed by atoms with Crippen LogP contribution in [0.5, 0.6) is 0 Å². The second kappa shape index (κ2) is 6.62. The summed E-state index contributed by atoms with van der Waals surface area (Å²) in [7, 11) is 0. The van der Waals surface area contributed by atoms with Crippen molar-refractivity contribution >= 4 is 5.69 Å². The number of para-hydroxylation sites is 1. The predicted molar refractivity (Wildman–Crippen MR) is 70.3 cm³/mol. The number of hydrogen-bond donors (Lipinski definition) is 2. The molecular formula is C14H23NO2. The van der Waals surface area contributed by atoms with Gasteiger partial charge in [0.25, 0.3) is 0 Å². The second-order valence-electron chi connectivity index (χ2n) is 4.49. The number of hydroxylamine groups is 1. The molecule has 2 N–H and O–H groups in total. The van der Waals surface area contributed by atoms with Crippen LogP contribution in [0.25, 0.3) is 0 Å². The van der Waals surface area contributed by atoms with Crippen LogP contribution >= 0.6 is 0 Å². The molecule has 0 aliphatic carbocycles. The predicted octanol–water partition coefficient (Wildman–Crippen LogP) is 3.21. The van der Waals surface area contributed by atoms with E-state index < -0.39 is 5.54 Å². The zero-order valence-electron chi connectivity index (χ0n) is 10.8. The standard InChI is InChI=1S/C14H23NO2/c1-3-5-11-14(4-2,12-16)15(17)13-9-7-6-8-10-13/h6-10,16-17H,3-5,11-12H2,1-2H3. The molecule has 0 heterocycles. The Balaban J connectivity index is 2.90. The van der Waals surface area contributed by atoms with Gasteiger partial charge in [0.2, 0.25) is 0 Å². The largest absolute Gasteiger partial charge is 0.394 e. The van der Waals surface area contributed by atoms with Gasteiger partial charge in [-0.25, -0.2) is 5.06 Å². The van der Waals surface area contributed by atoms with Crippen molar-refractivity contribution < 1.29 is 10.3 Å². The van der Waals surface area contributed by atoms with Crippen molar-refractivity contribution in [2.45, 2.75) is 45.1 Å². The second-order valence-corrected chi connectivity index (χ2v) is 4.49. The Morgan fingerprint density at radius 2 is 1.82 bits per heavy atom. The van der Waals surface area contributed by atoms with Crippen molar-refractivity contribution in [3.05, 3.63) is 30.3 Å². The number of hydrogen-bond acceptors (Lipinski definition) is 3. The SMILES string of the molecule is CCCCC(CC)(CO)N(O)c1ccccc1. The van der Waals surface area contributed by atoms with E-state index >= 15 is 0 Å². The quantitative estimate of drug-likeness (QED) is 0.716. The highest BCUT2D eigenvalue weighted by molar-refractivity contribution is 5.45. The minimum Gasteiger partial charge on any atom is -0.394 e. The van der Waals surface area contributed by atoms with E-state index in [-0.39, 0.29) is 6.61 Å². The number of aliphatic hydroxyl groups is 1. The average molecular weight is 237 g/mol. The molecule has 96 valence electrons. The average Bonchev–Trinajstić information content (AvgIpc) is 2.41. The Morgan fingerprint density at radius 1 is 1.18 bits per heavy atom. The molecule has 0 saturated heterocycles. The number of rotatable bonds is 7. The molecule has 3 nitrogen and oxygen atoms in total. The molecule has 0 saturated carbocycles. The Bertz CT molecular complexity index is 309. The molecule has 0 fully saturated rings. The van der Waals surface area contributed by atoms with Gasteiger partial charge < -0.3 is 5.11 Å². The van der Waals surface area contributed by atoms with Crippen molar-refractivity contribution in [1.29, 1.82) is 0 Å². The minimum absolute atomic E-state index is 0.0328. The molecule has 1 aromatic carbocycles. The van der Waals surface area contributed by atoms with Gasteiger partial charge in [-0.2, -0.15) is 0 Å². The first kappa shape index (κ1) is 14.0. The van der Waals surface area contributed by atoms with Gasteiger partial charge in [0.1, 0.15) is 0 Å². The van der Waals surface area contributed by atoms with Crippen LogP contribution in [0.2, 0.25) is 0 Å². The Labute approximate surface area is 104 Å². The summed E-state index contributed by atoms with van der Waals surface area (Å²) >= 11 is 0. The smallest absolute Gasteiger partial charge is 0.0898 e. The molecule has 17 heavy (non-hydrogen) atoms. The van der Waals surface area contributed by atoms with Crippen LogP contribution in [0.3, 0.4) is 0 Å². The van der Waals surface area contributed by atoms with Crippen LogP contribution in [-0.4, -0.2) is 22.5 Å². The molecule has 0 amide bonds. The maximum Gasteiger partial charge on any atom is 0.0898 e. The van der Waals surface area contributed by atoms with Crippen molar-refractivity contribution in [3.8, 4) is 0 Å². The lowest BCUT2D eigenvalue weighted by molar-refractivity contribution is 0.0769. The molecule has 1 rings (SSSR count). The third-order valence-corrected chi connectivity index (χ3v) is 3.40. The summed E-state index contributed by atoms with van der Waals surface area (Å²) in [6.07, 6.45) is 3.57. The summed E-state index contributed by atoms with van der Waals surface area (Å²) < 4.78 is 0. The maximum absolute atomic E-state index is 10.3. The third-order valence-electron chi connectivity index (χ3n) is 3.40. The summed E-state index contributed by atoms with van der Waals surface area (Å²) in [5.41, 5.74) is 0.177. The lowest BCUT2D eigenvalue weighted by Crippen LogP contribution is -2.50. The number of benzene rings is 1. The molecule has 0 spiro atoms. The van der Waals surface area contributed by atoms with Gasteiger partial charge in [-0.15, -0.1) is 0 Å². The first-order valence-corrected chi connectivity index (χ1v) is 6.35. The summed E-state index contributed by atoms with van der Waals surface area (Å²) in [4.78, 5) is 0. The normalized spacial score (nSPS) is 14.4. The summed E-state index contributed by atoms with van der Waals surface area (Å²) in [5, 5.41) is 21.2. The Kier molecular flexibility index (Phi) is 5.45. The van der Waals surface area contributed by atoms with E-state index in [0.717, 1.165) is 31.4 Å². The van der Waals surface area contributed by atoms with E-state index in [0.29, 0.717) is 0 Å². The zero-order valence-corrected chi connectivity index (χ0v) is 10.8. The van der Waals surface area contributed by atoms with E-state index in [1.165, 1.54) is 5.06 Å². The van der Waals surface area contributed by atoms with E-state index in [4.69, 9.17) is 0 Å². The Morgan fingerprint density at radius 3 is 2.29 bits per heavy atom. The van der Waals surface area contributed by atoms with E-state index in [1.54, 1.807) is 0 Å². The fraction of sp³-hybridized carbons (Fsp3) is 0.571. The van der Waals surface area contributed by atoms with Gasteiger partial charge >= 0.3 is 0 Å². The van der Waals surface area contributed by atoms with Crippen LogP contribution in [-0.2, 0) is 0 Å². The molecule has 3 heteroatoms. The van der Waals surface area contributed by atoms with Crippen molar-refractivity contribution in [2.24, 2.45) is 0 Å². The van der Waals surface area contributed by atoms with Gasteiger partial charge in [-0.05, 0) is 25.0 Å². The van der Waals surface area contributed by atoms with Gasteiger partial charge in [-0.3, -0.25) is 5.21 Å². The molecule has 1 unspecified atom stereocenters. The lowest BCUT2D eigenvalue weighted by atomic mass is 9.89. The van der Waals surface area contributed by atoms with Crippen LogP contribution < -0.4 is 5.06 Å². The number of nitrogens with zero attached hydrogens (tertiary/aromatic N) is 1. The lowest BCUT2D eigenvalue weighted by Gasteiger charge is -2.39. The van der Waals surface area contributed by atoms with Crippen molar-refractivity contribution in [2.75, 3.05) is 11.7 Å². The Hall–Kier alpha value is -1.06. The van der Waals surface area contributed by atoms with Crippen molar-refractivity contribution in [1.82, 2.24) is 0 Å². The van der Waals surface area contributed by atoms with Crippen LogP contribution in [0.4, 0.5) is 5.69 Å². The molecule has 1 atom stereocenters.